The Morgan fingerprint density at radius 1 is 1.38 bits per heavy atom. The molecular weight excluding hydrogens is 220 g/mol. The van der Waals surface area contributed by atoms with E-state index in [4.69, 9.17) is 10.5 Å². The van der Waals surface area contributed by atoms with Crippen molar-refractivity contribution in [1.29, 1.82) is 0 Å². The number of hydrogen-bond donors (Lipinski definition) is 1. The van der Waals surface area contributed by atoms with E-state index in [1.165, 1.54) is 0 Å². The Morgan fingerprint density at radius 3 is 2.94 bits per heavy atom. The molecule has 2 rings (SSSR count). The molecule has 1 heterocycles. The first-order chi connectivity index (χ1) is 7.85. The lowest BCUT2D eigenvalue weighted by Gasteiger charge is -2.04. The van der Waals surface area contributed by atoms with Crippen LogP contribution in [0.25, 0.3) is 11.3 Å². The third kappa shape index (κ3) is 2.23. The maximum atomic E-state index is 5.51. The molecule has 1 aromatic carbocycles. The van der Waals surface area contributed by atoms with E-state index in [2.05, 4.69) is 4.98 Å². The molecular formula is C12H14N2OS. The van der Waals surface area contributed by atoms with E-state index in [0.29, 0.717) is 6.54 Å². The second-order valence-electron chi connectivity index (χ2n) is 3.37. The van der Waals surface area contributed by atoms with Crippen LogP contribution in [0.5, 0.6) is 5.75 Å². The van der Waals surface area contributed by atoms with Gasteiger partial charge in [-0.05, 0) is 18.7 Å². The van der Waals surface area contributed by atoms with Crippen molar-refractivity contribution in [3.63, 3.8) is 0 Å². The summed E-state index contributed by atoms with van der Waals surface area (Å²) in [6.45, 7) is 0.638. The van der Waals surface area contributed by atoms with E-state index >= 15 is 0 Å². The van der Waals surface area contributed by atoms with Gasteiger partial charge in [-0.15, -0.1) is 11.3 Å². The van der Waals surface area contributed by atoms with Crippen LogP contribution < -0.4 is 10.5 Å². The molecule has 3 nitrogen and oxygen atoms in total. The van der Waals surface area contributed by atoms with Gasteiger partial charge in [0.2, 0.25) is 0 Å². The average molecular weight is 234 g/mol. The number of nitrogens with zero attached hydrogens (tertiary/aromatic N) is 1. The number of para-hydroxylation sites is 1. The Kier molecular flexibility index (Phi) is 3.54. The molecule has 0 spiro atoms. The van der Waals surface area contributed by atoms with Crippen LogP contribution in [-0.2, 0) is 6.42 Å². The molecule has 0 saturated carbocycles. The Labute approximate surface area is 98.9 Å². The summed E-state index contributed by atoms with van der Waals surface area (Å²) in [7, 11) is 1.67. The van der Waals surface area contributed by atoms with Crippen molar-refractivity contribution in [2.75, 3.05) is 13.7 Å². The van der Waals surface area contributed by atoms with Crippen molar-refractivity contribution >= 4 is 11.3 Å². The van der Waals surface area contributed by atoms with Crippen molar-refractivity contribution < 1.29 is 4.74 Å². The normalized spacial score (nSPS) is 10.4. The van der Waals surface area contributed by atoms with Crippen LogP contribution in [0.1, 0.15) is 5.01 Å². The number of ether oxygens (including phenoxy) is 1. The lowest BCUT2D eigenvalue weighted by Crippen LogP contribution is -2.02. The summed E-state index contributed by atoms with van der Waals surface area (Å²) >= 11 is 1.64. The maximum absolute atomic E-state index is 5.51. The summed E-state index contributed by atoms with van der Waals surface area (Å²) in [5.41, 5.74) is 7.50. The predicted octanol–water partition coefficient (Wildman–Crippen LogP) is 2.32. The number of methoxy groups -OCH3 is 1. The topological polar surface area (TPSA) is 48.1 Å². The van der Waals surface area contributed by atoms with Gasteiger partial charge in [0, 0.05) is 17.4 Å². The third-order valence-corrected chi connectivity index (χ3v) is 3.20. The summed E-state index contributed by atoms with van der Waals surface area (Å²) in [6, 6.07) is 7.90. The first-order valence-electron chi connectivity index (χ1n) is 5.13. The van der Waals surface area contributed by atoms with Crippen molar-refractivity contribution in [3.8, 4) is 17.0 Å². The van der Waals surface area contributed by atoms with E-state index in [-0.39, 0.29) is 0 Å². The van der Waals surface area contributed by atoms with Crippen molar-refractivity contribution in [2.45, 2.75) is 6.42 Å². The summed E-state index contributed by atoms with van der Waals surface area (Å²) in [6.07, 6.45) is 0.833. The molecule has 0 radical (unpaired) electrons. The van der Waals surface area contributed by atoms with Crippen molar-refractivity contribution in [2.24, 2.45) is 5.73 Å². The van der Waals surface area contributed by atoms with Crippen LogP contribution in [0.3, 0.4) is 0 Å². The molecule has 2 aromatic rings. The van der Waals surface area contributed by atoms with Gasteiger partial charge in [0.25, 0.3) is 0 Å². The van der Waals surface area contributed by atoms with Gasteiger partial charge < -0.3 is 10.5 Å². The molecule has 0 atom stereocenters. The minimum Gasteiger partial charge on any atom is -0.496 e. The summed E-state index contributed by atoms with van der Waals surface area (Å²) < 4.78 is 5.31. The highest BCUT2D eigenvalue weighted by Crippen LogP contribution is 2.30. The predicted molar refractivity (Wildman–Crippen MR) is 66.9 cm³/mol. The second-order valence-corrected chi connectivity index (χ2v) is 4.31. The maximum Gasteiger partial charge on any atom is 0.128 e. The van der Waals surface area contributed by atoms with Crippen LogP contribution >= 0.6 is 11.3 Å². The first-order valence-corrected chi connectivity index (χ1v) is 6.01. The highest BCUT2D eigenvalue weighted by molar-refractivity contribution is 7.09. The lowest BCUT2D eigenvalue weighted by atomic mass is 10.1. The SMILES string of the molecule is COc1ccccc1-c1csc(CCN)n1. The quantitative estimate of drug-likeness (QED) is 0.883. The van der Waals surface area contributed by atoms with Gasteiger partial charge in [0.1, 0.15) is 5.75 Å². The van der Waals surface area contributed by atoms with Gasteiger partial charge in [0.15, 0.2) is 0 Å². The smallest absolute Gasteiger partial charge is 0.128 e. The van der Waals surface area contributed by atoms with E-state index in [1.807, 2.05) is 29.6 Å². The molecule has 16 heavy (non-hydrogen) atoms. The van der Waals surface area contributed by atoms with E-state index in [9.17, 15) is 0 Å². The Hall–Kier alpha value is -1.39. The Balaban J connectivity index is 2.34. The number of rotatable bonds is 4. The van der Waals surface area contributed by atoms with E-state index in [0.717, 1.165) is 28.4 Å². The fourth-order valence-corrected chi connectivity index (χ4v) is 2.34. The van der Waals surface area contributed by atoms with Crippen molar-refractivity contribution in [3.05, 3.63) is 34.7 Å². The molecule has 4 heteroatoms. The molecule has 0 aliphatic heterocycles. The van der Waals surface area contributed by atoms with Gasteiger partial charge in [-0.2, -0.15) is 0 Å². The average Bonchev–Trinajstić information content (AvgIpc) is 2.78. The fourth-order valence-electron chi connectivity index (χ4n) is 1.53. The van der Waals surface area contributed by atoms with Gasteiger partial charge >= 0.3 is 0 Å². The standard InChI is InChI=1S/C12H14N2OS/c1-15-11-5-3-2-4-9(11)10-8-16-12(14-10)6-7-13/h2-5,8H,6-7,13H2,1H3. The minimum absolute atomic E-state index is 0.638. The third-order valence-electron chi connectivity index (χ3n) is 2.29. The highest BCUT2D eigenvalue weighted by atomic mass is 32.1. The summed E-state index contributed by atoms with van der Waals surface area (Å²) in [5.74, 6) is 0.854. The molecule has 0 fully saturated rings. The largest absolute Gasteiger partial charge is 0.496 e. The Bertz CT molecular complexity index is 468. The van der Waals surface area contributed by atoms with E-state index < -0.39 is 0 Å². The molecule has 2 N–H and O–H groups in total. The molecule has 0 bridgehead atoms. The number of benzene rings is 1. The van der Waals surface area contributed by atoms with Crippen LogP contribution in [-0.4, -0.2) is 18.6 Å². The molecule has 0 unspecified atom stereocenters. The summed E-state index contributed by atoms with van der Waals surface area (Å²) in [4.78, 5) is 4.54. The summed E-state index contributed by atoms with van der Waals surface area (Å²) in [5, 5.41) is 3.12. The van der Waals surface area contributed by atoms with Crippen molar-refractivity contribution in [1.82, 2.24) is 4.98 Å². The number of aromatic nitrogens is 1. The van der Waals surface area contributed by atoms with E-state index in [1.54, 1.807) is 18.4 Å². The lowest BCUT2D eigenvalue weighted by molar-refractivity contribution is 0.416. The Morgan fingerprint density at radius 2 is 2.19 bits per heavy atom. The number of thiazole rings is 1. The van der Waals surface area contributed by atoms with Crippen LogP contribution in [0.15, 0.2) is 29.6 Å². The van der Waals surface area contributed by atoms with Gasteiger partial charge in [-0.3, -0.25) is 0 Å². The molecule has 0 aliphatic rings. The zero-order chi connectivity index (χ0) is 11.4. The molecule has 0 saturated heterocycles. The van der Waals surface area contributed by atoms with Gasteiger partial charge in [-0.1, -0.05) is 12.1 Å². The molecule has 0 aliphatic carbocycles. The monoisotopic (exact) mass is 234 g/mol. The second kappa shape index (κ2) is 5.09. The van der Waals surface area contributed by atoms with Crippen LogP contribution in [0.4, 0.5) is 0 Å². The first kappa shape index (κ1) is 11.1. The minimum atomic E-state index is 0.638. The van der Waals surface area contributed by atoms with Gasteiger partial charge in [-0.25, -0.2) is 4.98 Å². The molecule has 84 valence electrons. The van der Waals surface area contributed by atoms with Gasteiger partial charge in [0.05, 0.1) is 17.8 Å². The number of hydrogen-bond acceptors (Lipinski definition) is 4. The highest BCUT2D eigenvalue weighted by Gasteiger charge is 2.08. The molecule has 0 amide bonds. The number of nitrogens with two attached hydrogens (primary N) is 1. The fraction of sp³-hybridized carbons (Fsp3) is 0.250. The van der Waals surface area contributed by atoms with Crippen LogP contribution in [0.2, 0.25) is 0 Å². The zero-order valence-corrected chi connectivity index (χ0v) is 9.96. The van der Waals surface area contributed by atoms with Crippen LogP contribution in [0, 0.1) is 0 Å². The zero-order valence-electron chi connectivity index (χ0n) is 9.14. The molecule has 1 aromatic heterocycles.